The first-order valence-electron chi connectivity index (χ1n) is 8.89. The molecule has 0 radical (unpaired) electrons. The van der Waals surface area contributed by atoms with Crippen LogP contribution in [0.25, 0.3) is 0 Å². The molecule has 26 heavy (non-hydrogen) atoms. The van der Waals surface area contributed by atoms with Crippen LogP contribution in [0.5, 0.6) is 0 Å². The maximum atomic E-state index is 14.3. The van der Waals surface area contributed by atoms with Crippen LogP contribution in [0.4, 0.5) is 13.2 Å². The van der Waals surface area contributed by atoms with Gasteiger partial charge in [-0.1, -0.05) is 13.5 Å². The number of rotatable bonds is 5. The summed E-state index contributed by atoms with van der Waals surface area (Å²) in [5.74, 6) is -2.25. The van der Waals surface area contributed by atoms with Crippen LogP contribution in [0.15, 0.2) is 36.2 Å². The minimum atomic E-state index is -0.734. The number of fused-ring (bicyclic) bond motifs is 1. The Labute approximate surface area is 151 Å². The summed E-state index contributed by atoms with van der Waals surface area (Å²) in [6.45, 7) is 7.16. The molecule has 1 aromatic rings. The Morgan fingerprint density at radius 1 is 1.38 bits per heavy atom. The first kappa shape index (κ1) is 18.9. The predicted octanol–water partition coefficient (Wildman–Crippen LogP) is 5.00. The van der Waals surface area contributed by atoms with Gasteiger partial charge in [0, 0.05) is 12.3 Å². The lowest BCUT2D eigenvalue weighted by Gasteiger charge is -2.41. The van der Waals surface area contributed by atoms with Crippen LogP contribution < -0.4 is 0 Å². The van der Waals surface area contributed by atoms with Crippen molar-refractivity contribution in [2.45, 2.75) is 45.1 Å². The SMILES string of the molecule is C=C(F)C[C@H]1C[C@]2([C@@H](C)Cc3cc(F)c(C)cc3F)OCCC2=CC1=O. The van der Waals surface area contributed by atoms with E-state index in [1.54, 1.807) is 6.08 Å². The van der Waals surface area contributed by atoms with E-state index in [4.69, 9.17) is 4.74 Å². The van der Waals surface area contributed by atoms with Gasteiger partial charge in [0.25, 0.3) is 0 Å². The Balaban J connectivity index is 1.90. The number of hydrogen-bond donors (Lipinski definition) is 0. The first-order chi connectivity index (χ1) is 12.2. The van der Waals surface area contributed by atoms with Gasteiger partial charge in [-0.3, -0.25) is 4.79 Å². The average Bonchev–Trinajstić information content (AvgIpc) is 2.96. The number of ether oxygens (including phenoxy) is 1. The minimum absolute atomic E-state index is 0.0338. The van der Waals surface area contributed by atoms with Gasteiger partial charge >= 0.3 is 0 Å². The number of carbonyl (C=O) groups excluding carboxylic acids is 1. The van der Waals surface area contributed by atoms with Crippen molar-refractivity contribution in [3.05, 3.63) is 58.9 Å². The summed E-state index contributed by atoms with van der Waals surface area (Å²) in [5, 5.41) is 0. The molecule has 3 atom stereocenters. The van der Waals surface area contributed by atoms with Crippen molar-refractivity contribution >= 4 is 5.78 Å². The molecule has 1 aliphatic heterocycles. The molecule has 0 bridgehead atoms. The van der Waals surface area contributed by atoms with Crippen LogP contribution in [0.2, 0.25) is 0 Å². The zero-order valence-corrected chi connectivity index (χ0v) is 15.1. The smallest absolute Gasteiger partial charge is 0.159 e. The van der Waals surface area contributed by atoms with Crippen LogP contribution >= 0.6 is 0 Å². The Kier molecular flexibility index (Phi) is 5.11. The summed E-state index contributed by atoms with van der Waals surface area (Å²) >= 11 is 0. The zero-order chi connectivity index (χ0) is 19.1. The highest BCUT2D eigenvalue weighted by atomic mass is 19.1. The Bertz CT molecular complexity index is 784. The van der Waals surface area contributed by atoms with Gasteiger partial charge in [0.05, 0.1) is 18.0 Å². The molecule has 3 rings (SSSR count). The normalized spacial score (nSPS) is 26.4. The molecule has 0 N–H and O–H groups in total. The topological polar surface area (TPSA) is 26.3 Å². The highest BCUT2D eigenvalue weighted by molar-refractivity contribution is 5.94. The maximum absolute atomic E-state index is 14.3. The number of aryl methyl sites for hydroxylation is 1. The van der Waals surface area contributed by atoms with E-state index in [9.17, 15) is 18.0 Å². The van der Waals surface area contributed by atoms with Crippen molar-refractivity contribution in [2.24, 2.45) is 11.8 Å². The van der Waals surface area contributed by atoms with Crippen molar-refractivity contribution in [2.75, 3.05) is 6.61 Å². The molecular weight excluding hydrogens is 341 g/mol. The molecule has 0 aromatic heterocycles. The Morgan fingerprint density at radius 2 is 2.12 bits per heavy atom. The fourth-order valence-electron chi connectivity index (χ4n) is 4.23. The fourth-order valence-corrected chi connectivity index (χ4v) is 4.23. The second-order valence-corrected chi connectivity index (χ2v) is 7.48. The molecule has 1 heterocycles. The van der Waals surface area contributed by atoms with Gasteiger partial charge in [0.1, 0.15) is 11.6 Å². The molecule has 0 spiro atoms. The number of halogens is 3. The average molecular weight is 364 g/mol. The first-order valence-corrected chi connectivity index (χ1v) is 8.89. The van der Waals surface area contributed by atoms with Gasteiger partial charge < -0.3 is 4.74 Å². The number of ketones is 1. The second kappa shape index (κ2) is 7.03. The second-order valence-electron chi connectivity index (χ2n) is 7.48. The lowest BCUT2D eigenvalue weighted by Crippen LogP contribution is -2.44. The van der Waals surface area contributed by atoms with E-state index >= 15 is 0 Å². The number of hydrogen-bond acceptors (Lipinski definition) is 2. The summed E-state index contributed by atoms with van der Waals surface area (Å²) < 4.78 is 47.5. The van der Waals surface area contributed by atoms with Crippen molar-refractivity contribution < 1.29 is 22.7 Å². The summed E-state index contributed by atoms with van der Waals surface area (Å²) in [7, 11) is 0. The third kappa shape index (κ3) is 3.37. The molecule has 1 saturated heterocycles. The van der Waals surface area contributed by atoms with Crippen LogP contribution in [0.3, 0.4) is 0 Å². The van der Waals surface area contributed by atoms with Crippen molar-refractivity contribution in [3.63, 3.8) is 0 Å². The standard InChI is InChI=1S/C21H23F3O2/c1-12-6-19(24)15(9-18(12)23)7-13(2)21-11-16(8-14(3)22)20(25)10-17(21)4-5-26-21/h6,9-10,13,16H,3-5,7-8,11H2,1-2H3/t13-,16-,21+/m0/s1. The van der Waals surface area contributed by atoms with Crippen molar-refractivity contribution in [1.82, 2.24) is 0 Å². The summed E-state index contributed by atoms with van der Waals surface area (Å²) in [4.78, 5) is 12.3. The van der Waals surface area contributed by atoms with Gasteiger partial charge in [-0.25, -0.2) is 13.2 Å². The maximum Gasteiger partial charge on any atom is 0.159 e. The van der Waals surface area contributed by atoms with E-state index in [-0.39, 0.29) is 35.7 Å². The van der Waals surface area contributed by atoms with E-state index in [0.29, 0.717) is 19.4 Å². The fraction of sp³-hybridized carbons (Fsp3) is 0.476. The quantitative estimate of drug-likeness (QED) is 0.735. The molecule has 1 aliphatic carbocycles. The molecule has 0 amide bonds. The Morgan fingerprint density at radius 3 is 2.81 bits per heavy atom. The van der Waals surface area contributed by atoms with Crippen molar-refractivity contribution in [1.29, 1.82) is 0 Å². The van der Waals surface area contributed by atoms with Gasteiger partial charge in [0.2, 0.25) is 0 Å². The molecule has 0 saturated carbocycles. The van der Waals surface area contributed by atoms with E-state index < -0.39 is 29.0 Å². The molecule has 5 heteroatoms. The molecule has 140 valence electrons. The van der Waals surface area contributed by atoms with Gasteiger partial charge in [-0.15, -0.1) is 0 Å². The van der Waals surface area contributed by atoms with Crippen LogP contribution in [0.1, 0.15) is 37.3 Å². The van der Waals surface area contributed by atoms with Crippen molar-refractivity contribution in [3.8, 4) is 0 Å². The molecule has 2 aliphatic rings. The van der Waals surface area contributed by atoms with Gasteiger partial charge in [-0.05, 0) is 67.0 Å². The largest absolute Gasteiger partial charge is 0.370 e. The molecular formula is C21H23F3O2. The zero-order valence-electron chi connectivity index (χ0n) is 15.1. The number of carbonyl (C=O) groups is 1. The predicted molar refractivity (Wildman–Crippen MR) is 93.3 cm³/mol. The van der Waals surface area contributed by atoms with Crippen LogP contribution in [-0.2, 0) is 16.0 Å². The monoisotopic (exact) mass is 364 g/mol. The molecule has 0 unspecified atom stereocenters. The van der Waals surface area contributed by atoms with Crippen LogP contribution in [0, 0.1) is 30.4 Å². The number of allylic oxidation sites excluding steroid dienone is 2. The van der Waals surface area contributed by atoms with Crippen LogP contribution in [-0.4, -0.2) is 18.0 Å². The van der Waals surface area contributed by atoms with E-state index in [0.717, 1.165) is 5.57 Å². The molecule has 2 nitrogen and oxygen atoms in total. The third-order valence-corrected chi connectivity index (χ3v) is 5.66. The number of benzene rings is 1. The Hall–Kier alpha value is -1.88. The minimum Gasteiger partial charge on any atom is -0.370 e. The van der Waals surface area contributed by atoms with Gasteiger partial charge in [-0.2, -0.15) is 0 Å². The van der Waals surface area contributed by atoms with E-state index in [2.05, 4.69) is 6.58 Å². The summed E-state index contributed by atoms with van der Waals surface area (Å²) in [6, 6.07) is 2.42. The highest BCUT2D eigenvalue weighted by Crippen LogP contribution is 2.48. The van der Waals surface area contributed by atoms with E-state index in [1.807, 2.05) is 6.92 Å². The van der Waals surface area contributed by atoms with Gasteiger partial charge in [0.15, 0.2) is 5.78 Å². The lowest BCUT2D eigenvalue weighted by atomic mass is 9.68. The summed E-state index contributed by atoms with van der Waals surface area (Å²) in [5.41, 5.74) is 0.693. The summed E-state index contributed by atoms with van der Waals surface area (Å²) in [6.07, 6.45) is 2.78. The van der Waals surface area contributed by atoms with E-state index in [1.165, 1.54) is 19.1 Å². The highest BCUT2D eigenvalue weighted by Gasteiger charge is 2.49. The molecule has 1 aromatic carbocycles. The molecule has 1 fully saturated rings. The lowest BCUT2D eigenvalue weighted by molar-refractivity contribution is -0.123. The third-order valence-electron chi connectivity index (χ3n) is 5.66.